The van der Waals surface area contributed by atoms with Gasteiger partial charge in [-0.3, -0.25) is 4.79 Å². The number of pyridine rings is 1. The van der Waals surface area contributed by atoms with Gasteiger partial charge in [-0.2, -0.15) is 0 Å². The molecule has 5 rings (SSSR count). The number of benzene rings is 1. The van der Waals surface area contributed by atoms with Crippen molar-refractivity contribution in [1.82, 2.24) is 24.4 Å². The molecule has 1 N–H and O–H groups in total. The number of carbonyl (C=O) groups is 1. The fraction of sp³-hybridized carbons (Fsp3) is 0.286. The van der Waals surface area contributed by atoms with Crippen LogP contribution in [0.25, 0.3) is 22.1 Å². The van der Waals surface area contributed by atoms with Crippen LogP contribution in [-0.2, 0) is 0 Å². The van der Waals surface area contributed by atoms with Gasteiger partial charge >= 0.3 is 0 Å². The normalized spacial score (nSPS) is 16.9. The van der Waals surface area contributed by atoms with Gasteiger partial charge in [-0.1, -0.05) is 6.07 Å². The van der Waals surface area contributed by atoms with E-state index in [-0.39, 0.29) is 11.9 Å². The average Bonchev–Trinajstić information content (AvgIpc) is 3.43. The van der Waals surface area contributed by atoms with E-state index in [4.69, 9.17) is 0 Å². The van der Waals surface area contributed by atoms with Crippen LogP contribution < -0.4 is 4.90 Å². The fourth-order valence-corrected chi connectivity index (χ4v) is 3.97. The molecule has 0 aliphatic carbocycles. The van der Waals surface area contributed by atoms with Gasteiger partial charge in [0, 0.05) is 50.0 Å². The first kappa shape index (κ1) is 16.8. The Morgan fingerprint density at radius 3 is 2.96 bits per heavy atom. The predicted octanol–water partition coefficient (Wildman–Crippen LogP) is 3.07. The molecule has 0 saturated carbocycles. The summed E-state index contributed by atoms with van der Waals surface area (Å²) in [5, 5.41) is 1.05. The van der Waals surface area contributed by atoms with Crippen LogP contribution in [-0.4, -0.2) is 57.5 Å². The van der Waals surface area contributed by atoms with E-state index in [1.165, 1.54) is 0 Å². The summed E-state index contributed by atoms with van der Waals surface area (Å²) in [5.41, 5.74) is 4.49. The molecular formula is C21H22N6O. The van der Waals surface area contributed by atoms with Crippen LogP contribution in [0.15, 0.2) is 48.9 Å². The Labute approximate surface area is 162 Å². The lowest BCUT2D eigenvalue weighted by Gasteiger charge is -2.16. The van der Waals surface area contributed by atoms with E-state index in [1.807, 2.05) is 49.6 Å². The minimum Gasteiger partial charge on any atom is -0.378 e. The Balaban J connectivity index is 1.38. The number of nitrogens with zero attached hydrogens (tertiary/aromatic N) is 5. The molecule has 1 aromatic carbocycles. The molecule has 1 fully saturated rings. The maximum Gasteiger partial charge on any atom is 0.270 e. The van der Waals surface area contributed by atoms with Gasteiger partial charge in [0.1, 0.15) is 11.2 Å². The van der Waals surface area contributed by atoms with Crippen LogP contribution in [0, 0.1) is 0 Å². The zero-order chi connectivity index (χ0) is 19.3. The van der Waals surface area contributed by atoms with Gasteiger partial charge in [0.25, 0.3) is 5.91 Å². The highest BCUT2D eigenvalue weighted by Gasteiger charge is 2.29. The van der Waals surface area contributed by atoms with Crippen LogP contribution >= 0.6 is 0 Å². The van der Waals surface area contributed by atoms with Crippen LogP contribution in [0.1, 0.15) is 23.0 Å². The minimum absolute atomic E-state index is 0.0440. The molecular weight excluding hydrogens is 352 g/mol. The number of aromatic amines is 1. The number of rotatable bonds is 3. The number of carbonyl (C=O) groups excluding carboxylic acids is 1. The summed E-state index contributed by atoms with van der Waals surface area (Å²) >= 11 is 0. The maximum absolute atomic E-state index is 13.1. The zero-order valence-electron chi connectivity index (χ0n) is 16.0. The zero-order valence-corrected chi connectivity index (χ0v) is 16.0. The van der Waals surface area contributed by atoms with E-state index in [2.05, 4.69) is 36.6 Å². The summed E-state index contributed by atoms with van der Waals surface area (Å²) in [4.78, 5) is 29.2. The Morgan fingerprint density at radius 1 is 1.21 bits per heavy atom. The largest absolute Gasteiger partial charge is 0.378 e. The molecule has 1 atom stereocenters. The van der Waals surface area contributed by atoms with Gasteiger partial charge in [0.2, 0.25) is 0 Å². The van der Waals surface area contributed by atoms with Crippen molar-refractivity contribution in [3.05, 3.63) is 54.6 Å². The standard InChI is InChI=1S/C21H22N6O/c1-25(2)15-6-5-14-10-19(24-18(14)11-15)21(28)26-9-7-16(12-26)27-13-23-17-4-3-8-22-20(17)27/h3-6,8,10-11,13,16,24H,7,9,12H2,1-2H3. The predicted molar refractivity (Wildman–Crippen MR) is 110 cm³/mol. The van der Waals surface area contributed by atoms with Crippen molar-refractivity contribution < 1.29 is 4.79 Å². The van der Waals surface area contributed by atoms with Gasteiger partial charge in [-0.05, 0) is 36.8 Å². The number of likely N-dealkylation sites (tertiary alicyclic amines) is 1. The van der Waals surface area contributed by atoms with Gasteiger partial charge in [-0.25, -0.2) is 9.97 Å². The monoisotopic (exact) mass is 374 g/mol. The molecule has 4 aromatic rings. The number of amides is 1. The molecule has 0 radical (unpaired) electrons. The fourth-order valence-electron chi connectivity index (χ4n) is 3.97. The Hall–Kier alpha value is -3.35. The molecule has 1 saturated heterocycles. The lowest BCUT2D eigenvalue weighted by atomic mass is 10.2. The second-order valence-corrected chi connectivity index (χ2v) is 7.54. The lowest BCUT2D eigenvalue weighted by Crippen LogP contribution is -2.29. The van der Waals surface area contributed by atoms with Crippen LogP contribution in [0.2, 0.25) is 0 Å². The van der Waals surface area contributed by atoms with Gasteiger partial charge < -0.3 is 19.4 Å². The molecule has 142 valence electrons. The van der Waals surface area contributed by atoms with E-state index in [0.717, 1.165) is 40.7 Å². The number of nitrogens with one attached hydrogen (secondary N) is 1. The van der Waals surface area contributed by atoms with Crippen molar-refractivity contribution in [1.29, 1.82) is 0 Å². The van der Waals surface area contributed by atoms with Crippen molar-refractivity contribution in [2.45, 2.75) is 12.5 Å². The topological polar surface area (TPSA) is 70.1 Å². The van der Waals surface area contributed by atoms with Crippen molar-refractivity contribution in [3.8, 4) is 0 Å². The second kappa shape index (κ2) is 6.37. The smallest absolute Gasteiger partial charge is 0.270 e. The summed E-state index contributed by atoms with van der Waals surface area (Å²) < 4.78 is 2.09. The molecule has 28 heavy (non-hydrogen) atoms. The lowest BCUT2D eigenvalue weighted by molar-refractivity contribution is 0.0783. The van der Waals surface area contributed by atoms with Crippen molar-refractivity contribution >= 4 is 33.7 Å². The Morgan fingerprint density at radius 2 is 2.11 bits per heavy atom. The number of imidazole rings is 1. The molecule has 3 aromatic heterocycles. The van der Waals surface area contributed by atoms with Gasteiger partial charge in [-0.15, -0.1) is 0 Å². The summed E-state index contributed by atoms with van der Waals surface area (Å²) in [6, 6.07) is 12.2. The van der Waals surface area contributed by atoms with Crippen LogP contribution in [0.4, 0.5) is 5.69 Å². The molecule has 0 spiro atoms. The van der Waals surface area contributed by atoms with E-state index in [0.29, 0.717) is 12.2 Å². The first-order chi connectivity index (χ1) is 13.6. The number of H-pyrrole nitrogens is 1. The number of hydrogen-bond acceptors (Lipinski definition) is 4. The van der Waals surface area contributed by atoms with E-state index in [9.17, 15) is 4.79 Å². The quantitative estimate of drug-likeness (QED) is 0.598. The molecule has 1 aliphatic heterocycles. The molecule has 7 heteroatoms. The van der Waals surface area contributed by atoms with Crippen LogP contribution in [0.3, 0.4) is 0 Å². The highest BCUT2D eigenvalue weighted by atomic mass is 16.2. The Kier molecular flexibility index (Phi) is 3.82. The summed E-state index contributed by atoms with van der Waals surface area (Å²) in [5.74, 6) is 0.0440. The molecule has 1 aliphatic rings. The molecule has 1 unspecified atom stereocenters. The Bertz CT molecular complexity index is 1170. The highest BCUT2D eigenvalue weighted by Crippen LogP contribution is 2.27. The SMILES string of the molecule is CN(C)c1ccc2cc(C(=O)N3CCC(n4cnc5cccnc54)C3)[nH]c2c1. The third kappa shape index (κ3) is 2.70. The second-order valence-electron chi connectivity index (χ2n) is 7.54. The molecule has 1 amide bonds. The molecule has 0 bridgehead atoms. The van der Waals surface area contributed by atoms with E-state index < -0.39 is 0 Å². The van der Waals surface area contributed by atoms with Crippen molar-refractivity contribution in [2.75, 3.05) is 32.1 Å². The maximum atomic E-state index is 13.1. The van der Waals surface area contributed by atoms with Gasteiger partial charge in [0.05, 0.1) is 12.4 Å². The number of anilines is 1. The third-order valence-corrected chi connectivity index (χ3v) is 5.53. The summed E-state index contributed by atoms with van der Waals surface area (Å²) in [6.07, 6.45) is 4.52. The van der Waals surface area contributed by atoms with Crippen molar-refractivity contribution in [2.24, 2.45) is 0 Å². The number of aromatic nitrogens is 4. The third-order valence-electron chi connectivity index (χ3n) is 5.53. The first-order valence-corrected chi connectivity index (χ1v) is 9.47. The van der Waals surface area contributed by atoms with Crippen molar-refractivity contribution in [3.63, 3.8) is 0 Å². The summed E-state index contributed by atoms with van der Waals surface area (Å²) in [7, 11) is 4.02. The van der Waals surface area contributed by atoms with Crippen LogP contribution in [0.5, 0.6) is 0 Å². The number of fused-ring (bicyclic) bond motifs is 2. The van der Waals surface area contributed by atoms with E-state index >= 15 is 0 Å². The minimum atomic E-state index is 0.0440. The van der Waals surface area contributed by atoms with Gasteiger partial charge in [0.15, 0.2) is 5.65 Å². The first-order valence-electron chi connectivity index (χ1n) is 9.47. The number of hydrogen-bond donors (Lipinski definition) is 1. The molecule has 4 heterocycles. The van der Waals surface area contributed by atoms with E-state index in [1.54, 1.807) is 6.20 Å². The highest BCUT2D eigenvalue weighted by molar-refractivity contribution is 5.98. The average molecular weight is 374 g/mol. The summed E-state index contributed by atoms with van der Waals surface area (Å²) in [6.45, 7) is 1.40. The molecule has 7 nitrogen and oxygen atoms in total.